The third kappa shape index (κ3) is 3.74. The van der Waals surface area contributed by atoms with E-state index in [1.165, 1.54) is 0 Å². The van der Waals surface area contributed by atoms with Gasteiger partial charge in [-0.2, -0.15) is 5.10 Å². The lowest BCUT2D eigenvalue weighted by Crippen LogP contribution is -2.36. The third-order valence-corrected chi connectivity index (χ3v) is 3.13. The average molecular weight is 294 g/mol. The molecule has 116 valence electrons. The van der Waals surface area contributed by atoms with Gasteiger partial charge in [-0.05, 0) is 33.3 Å². The molecule has 21 heavy (non-hydrogen) atoms. The number of fused-ring (bicyclic) bond motifs is 1. The molecule has 1 aromatic rings. The summed E-state index contributed by atoms with van der Waals surface area (Å²) < 4.78 is 7.19. The van der Waals surface area contributed by atoms with E-state index in [2.05, 4.69) is 10.4 Å². The maximum atomic E-state index is 12.2. The Labute approximate surface area is 124 Å². The van der Waals surface area contributed by atoms with Crippen molar-refractivity contribution in [2.75, 3.05) is 13.6 Å². The Bertz CT molecular complexity index is 545. The van der Waals surface area contributed by atoms with Crippen molar-refractivity contribution in [3.05, 3.63) is 17.5 Å². The highest BCUT2D eigenvalue weighted by Gasteiger charge is 2.26. The lowest BCUT2D eigenvalue weighted by atomic mass is 10.2. The molecule has 0 bridgehead atoms. The van der Waals surface area contributed by atoms with Gasteiger partial charge in [-0.3, -0.25) is 9.48 Å². The van der Waals surface area contributed by atoms with Crippen molar-refractivity contribution < 1.29 is 14.3 Å². The number of aryl methyl sites for hydroxylation is 1. The van der Waals surface area contributed by atoms with Crippen LogP contribution in [0.3, 0.4) is 0 Å². The molecule has 0 aliphatic carbocycles. The van der Waals surface area contributed by atoms with Crippen LogP contribution in [0.15, 0.2) is 6.07 Å². The van der Waals surface area contributed by atoms with E-state index in [4.69, 9.17) is 4.74 Å². The van der Waals surface area contributed by atoms with Gasteiger partial charge in [0.25, 0.3) is 5.91 Å². The SMILES string of the molecule is CNC(=O)c1cc2n(n1)CCCN(C(=O)OC(C)(C)C)C2. The summed E-state index contributed by atoms with van der Waals surface area (Å²) in [6.45, 7) is 7.24. The number of ether oxygens (including phenoxy) is 1. The summed E-state index contributed by atoms with van der Waals surface area (Å²) in [5.74, 6) is -0.223. The van der Waals surface area contributed by atoms with E-state index in [0.29, 0.717) is 25.3 Å². The summed E-state index contributed by atoms with van der Waals surface area (Å²) in [6, 6.07) is 1.72. The van der Waals surface area contributed by atoms with Crippen LogP contribution in [0.1, 0.15) is 43.4 Å². The number of amides is 2. The number of nitrogens with zero attached hydrogens (tertiary/aromatic N) is 3. The number of hydrogen-bond acceptors (Lipinski definition) is 4. The smallest absolute Gasteiger partial charge is 0.410 e. The molecule has 1 N–H and O–H groups in total. The lowest BCUT2D eigenvalue weighted by Gasteiger charge is -2.26. The third-order valence-electron chi connectivity index (χ3n) is 3.13. The molecule has 1 aliphatic rings. The molecule has 0 fully saturated rings. The van der Waals surface area contributed by atoms with E-state index in [-0.39, 0.29) is 12.0 Å². The minimum absolute atomic E-state index is 0.223. The number of nitrogens with one attached hydrogen (secondary N) is 1. The molecule has 0 unspecified atom stereocenters. The van der Waals surface area contributed by atoms with Gasteiger partial charge in [0.05, 0.1) is 12.2 Å². The number of rotatable bonds is 1. The maximum absolute atomic E-state index is 12.2. The van der Waals surface area contributed by atoms with Crippen LogP contribution in [0.5, 0.6) is 0 Å². The van der Waals surface area contributed by atoms with Crippen LogP contribution >= 0.6 is 0 Å². The van der Waals surface area contributed by atoms with Crippen molar-refractivity contribution in [3.63, 3.8) is 0 Å². The molecule has 1 aliphatic heterocycles. The second kappa shape index (κ2) is 5.75. The van der Waals surface area contributed by atoms with Gasteiger partial charge in [-0.1, -0.05) is 0 Å². The summed E-state index contributed by atoms with van der Waals surface area (Å²) in [6.07, 6.45) is 0.444. The first-order valence-electron chi connectivity index (χ1n) is 7.07. The Balaban J connectivity index is 2.14. The Morgan fingerprint density at radius 2 is 2.05 bits per heavy atom. The highest BCUT2D eigenvalue weighted by atomic mass is 16.6. The summed E-state index contributed by atoms with van der Waals surface area (Å²) in [4.78, 5) is 25.4. The zero-order valence-electron chi connectivity index (χ0n) is 13.0. The number of aromatic nitrogens is 2. The van der Waals surface area contributed by atoms with Crippen molar-refractivity contribution in [3.8, 4) is 0 Å². The molecule has 0 atom stereocenters. The van der Waals surface area contributed by atoms with Crippen LogP contribution < -0.4 is 5.32 Å². The molecule has 7 nitrogen and oxygen atoms in total. The van der Waals surface area contributed by atoms with Crippen LogP contribution in [0.2, 0.25) is 0 Å². The van der Waals surface area contributed by atoms with Gasteiger partial charge in [0.2, 0.25) is 0 Å². The first-order chi connectivity index (χ1) is 9.80. The highest BCUT2D eigenvalue weighted by molar-refractivity contribution is 5.92. The average Bonchev–Trinajstić information content (AvgIpc) is 2.67. The Kier molecular flexibility index (Phi) is 4.20. The van der Waals surface area contributed by atoms with Crippen molar-refractivity contribution in [2.45, 2.75) is 45.9 Å². The first-order valence-corrected chi connectivity index (χ1v) is 7.07. The molecule has 0 saturated carbocycles. The topological polar surface area (TPSA) is 76.5 Å². The summed E-state index contributed by atoms with van der Waals surface area (Å²) in [5.41, 5.74) is 0.701. The van der Waals surface area contributed by atoms with E-state index in [0.717, 1.165) is 12.1 Å². The van der Waals surface area contributed by atoms with Crippen LogP contribution in [-0.2, 0) is 17.8 Å². The monoisotopic (exact) mass is 294 g/mol. The molecule has 2 amide bonds. The van der Waals surface area contributed by atoms with Gasteiger partial charge < -0.3 is 15.0 Å². The van der Waals surface area contributed by atoms with Crippen LogP contribution in [0, 0.1) is 0 Å². The van der Waals surface area contributed by atoms with E-state index < -0.39 is 5.60 Å². The second-order valence-electron chi connectivity index (χ2n) is 6.08. The Morgan fingerprint density at radius 1 is 1.33 bits per heavy atom. The predicted octanol–water partition coefficient (Wildman–Crippen LogP) is 1.38. The second-order valence-corrected chi connectivity index (χ2v) is 6.08. The molecule has 2 rings (SSSR count). The molecular formula is C14H22N4O3. The van der Waals surface area contributed by atoms with Crippen molar-refractivity contribution in [1.29, 1.82) is 0 Å². The van der Waals surface area contributed by atoms with Gasteiger partial charge in [0.1, 0.15) is 11.3 Å². The van der Waals surface area contributed by atoms with Gasteiger partial charge in [0, 0.05) is 20.1 Å². The highest BCUT2D eigenvalue weighted by Crippen LogP contribution is 2.17. The van der Waals surface area contributed by atoms with E-state index in [1.54, 1.807) is 22.7 Å². The molecule has 7 heteroatoms. The molecule has 0 spiro atoms. The van der Waals surface area contributed by atoms with E-state index in [9.17, 15) is 9.59 Å². The maximum Gasteiger partial charge on any atom is 0.410 e. The number of carbonyl (C=O) groups excluding carboxylic acids is 2. The van der Waals surface area contributed by atoms with Crippen LogP contribution in [0.25, 0.3) is 0 Å². The van der Waals surface area contributed by atoms with Gasteiger partial charge in [-0.25, -0.2) is 4.79 Å². The standard InChI is InChI=1S/C14H22N4O3/c1-14(2,3)21-13(20)17-6-5-7-18-10(9-17)8-11(16-18)12(19)15-4/h8H,5-7,9H2,1-4H3,(H,15,19). The molecular weight excluding hydrogens is 272 g/mol. The van der Waals surface area contributed by atoms with Crippen molar-refractivity contribution >= 4 is 12.0 Å². The predicted molar refractivity (Wildman–Crippen MR) is 76.9 cm³/mol. The van der Waals surface area contributed by atoms with Crippen LogP contribution in [-0.4, -0.2) is 45.9 Å². The summed E-state index contributed by atoms with van der Waals surface area (Å²) in [5, 5.41) is 6.83. The molecule has 1 aromatic heterocycles. The van der Waals surface area contributed by atoms with Crippen LogP contribution in [0.4, 0.5) is 4.79 Å². The zero-order chi connectivity index (χ0) is 15.6. The fraction of sp³-hybridized carbons (Fsp3) is 0.643. The fourth-order valence-corrected chi connectivity index (χ4v) is 2.18. The molecule has 2 heterocycles. The molecule has 0 saturated heterocycles. The molecule has 0 aromatic carbocycles. The minimum atomic E-state index is -0.517. The van der Waals surface area contributed by atoms with Crippen molar-refractivity contribution in [2.24, 2.45) is 0 Å². The first kappa shape index (κ1) is 15.3. The van der Waals surface area contributed by atoms with E-state index in [1.807, 2.05) is 20.8 Å². The fourth-order valence-electron chi connectivity index (χ4n) is 2.18. The van der Waals surface area contributed by atoms with Gasteiger partial charge >= 0.3 is 6.09 Å². The zero-order valence-corrected chi connectivity index (χ0v) is 13.0. The minimum Gasteiger partial charge on any atom is -0.444 e. The van der Waals surface area contributed by atoms with Crippen molar-refractivity contribution in [1.82, 2.24) is 20.0 Å². The summed E-state index contributed by atoms with van der Waals surface area (Å²) >= 11 is 0. The molecule has 0 radical (unpaired) electrons. The number of hydrogen-bond donors (Lipinski definition) is 1. The summed E-state index contributed by atoms with van der Waals surface area (Å²) in [7, 11) is 1.57. The number of carbonyl (C=O) groups is 2. The van der Waals surface area contributed by atoms with Gasteiger partial charge in [-0.15, -0.1) is 0 Å². The van der Waals surface area contributed by atoms with Gasteiger partial charge in [0.15, 0.2) is 0 Å². The quantitative estimate of drug-likeness (QED) is 0.849. The lowest BCUT2D eigenvalue weighted by molar-refractivity contribution is 0.0236. The largest absolute Gasteiger partial charge is 0.444 e. The van der Waals surface area contributed by atoms with E-state index >= 15 is 0 Å². The normalized spacial score (nSPS) is 15.1. The Morgan fingerprint density at radius 3 is 2.67 bits per heavy atom. The Hall–Kier alpha value is -2.05.